The Morgan fingerprint density at radius 3 is 2.59 bits per heavy atom. The maximum absolute atomic E-state index is 13.1. The lowest BCUT2D eigenvalue weighted by molar-refractivity contribution is -0.136. The van der Waals surface area contributed by atoms with Gasteiger partial charge in [-0.2, -0.15) is 0 Å². The zero-order valence-electron chi connectivity index (χ0n) is 17.7. The average molecular weight is 424 g/mol. The third-order valence-electron chi connectivity index (χ3n) is 6.11. The predicted molar refractivity (Wildman–Crippen MR) is 115 cm³/mol. The molecule has 0 saturated carbocycles. The Kier molecular flexibility index (Phi) is 7.05. The molecule has 2 aliphatic heterocycles. The average Bonchev–Trinajstić information content (AvgIpc) is 3.07. The quantitative estimate of drug-likeness (QED) is 0.664. The number of hydrogen-bond acceptors (Lipinski definition) is 6. The number of anilines is 1. The summed E-state index contributed by atoms with van der Waals surface area (Å²) in [5.41, 5.74) is 1.13. The van der Waals surface area contributed by atoms with Crippen LogP contribution in [-0.4, -0.2) is 87.5 Å². The number of carbonyl (C=O) groups is 1. The summed E-state index contributed by atoms with van der Waals surface area (Å²) in [5.74, 6) is 1.19. The van der Waals surface area contributed by atoms with Crippen molar-refractivity contribution in [2.75, 3.05) is 56.2 Å². The number of piperazine rings is 1. The number of ether oxygens (including phenoxy) is 1. The molecule has 0 N–H and O–H groups in total. The SMILES string of the molecule is CC[C@@H](C)N(C(=O)CN1CCN(c2cccc(OC)c2)CC1)[C@H]1CCS(=O)(=O)C1. The van der Waals surface area contributed by atoms with Crippen molar-refractivity contribution in [1.29, 1.82) is 0 Å². The van der Waals surface area contributed by atoms with Gasteiger partial charge in [0.05, 0.1) is 25.2 Å². The number of benzene rings is 1. The summed E-state index contributed by atoms with van der Waals surface area (Å²) in [6.07, 6.45) is 1.38. The molecule has 1 aromatic carbocycles. The van der Waals surface area contributed by atoms with Gasteiger partial charge in [0, 0.05) is 50.0 Å². The molecule has 7 nitrogen and oxygen atoms in total. The first kappa shape index (κ1) is 21.9. The molecule has 2 atom stereocenters. The smallest absolute Gasteiger partial charge is 0.237 e. The lowest BCUT2D eigenvalue weighted by Crippen LogP contribution is -2.53. The molecule has 162 valence electrons. The molecule has 0 aromatic heterocycles. The van der Waals surface area contributed by atoms with E-state index in [1.807, 2.05) is 36.9 Å². The van der Waals surface area contributed by atoms with Crippen LogP contribution in [0.2, 0.25) is 0 Å². The van der Waals surface area contributed by atoms with Crippen molar-refractivity contribution in [3.63, 3.8) is 0 Å². The molecule has 1 amide bonds. The second-order valence-corrected chi connectivity index (χ2v) is 10.3. The van der Waals surface area contributed by atoms with Crippen molar-refractivity contribution < 1.29 is 17.9 Å². The Balaban J connectivity index is 1.58. The van der Waals surface area contributed by atoms with E-state index >= 15 is 0 Å². The number of carbonyl (C=O) groups excluding carboxylic acids is 1. The van der Waals surface area contributed by atoms with E-state index in [9.17, 15) is 13.2 Å². The van der Waals surface area contributed by atoms with E-state index < -0.39 is 9.84 Å². The summed E-state index contributed by atoms with van der Waals surface area (Å²) in [7, 11) is -1.35. The molecule has 0 aliphatic carbocycles. The van der Waals surface area contributed by atoms with Gasteiger partial charge in [-0.05, 0) is 31.9 Å². The van der Waals surface area contributed by atoms with Crippen LogP contribution in [0.1, 0.15) is 26.7 Å². The van der Waals surface area contributed by atoms with Gasteiger partial charge in [0.15, 0.2) is 9.84 Å². The van der Waals surface area contributed by atoms with E-state index in [-0.39, 0.29) is 29.5 Å². The largest absolute Gasteiger partial charge is 0.497 e. The molecule has 29 heavy (non-hydrogen) atoms. The summed E-state index contributed by atoms with van der Waals surface area (Å²) in [6, 6.07) is 7.91. The third kappa shape index (κ3) is 5.42. The first-order chi connectivity index (χ1) is 13.8. The highest BCUT2D eigenvalue weighted by Gasteiger charge is 2.37. The van der Waals surface area contributed by atoms with Crippen LogP contribution in [0.25, 0.3) is 0 Å². The Morgan fingerprint density at radius 1 is 1.28 bits per heavy atom. The number of nitrogens with zero attached hydrogens (tertiary/aromatic N) is 3. The van der Waals surface area contributed by atoms with E-state index in [1.54, 1.807) is 7.11 Å². The molecule has 0 radical (unpaired) electrons. The van der Waals surface area contributed by atoms with Crippen LogP contribution in [0, 0.1) is 0 Å². The van der Waals surface area contributed by atoms with E-state index in [0.29, 0.717) is 13.0 Å². The molecule has 1 aromatic rings. The third-order valence-corrected chi connectivity index (χ3v) is 7.86. The van der Waals surface area contributed by atoms with Crippen molar-refractivity contribution in [2.45, 2.75) is 38.8 Å². The minimum absolute atomic E-state index is 0.0521. The fourth-order valence-corrected chi connectivity index (χ4v) is 5.96. The van der Waals surface area contributed by atoms with Gasteiger partial charge in [-0.1, -0.05) is 13.0 Å². The van der Waals surface area contributed by atoms with Crippen LogP contribution in [0.3, 0.4) is 0 Å². The summed E-state index contributed by atoms with van der Waals surface area (Å²) >= 11 is 0. The second-order valence-electron chi connectivity index (χ2n) is 8.08. The van der Waals surface area contributed by atoms with Crippen LogP contribution in [0.5, 0.6) is 5.75 Å². The zero-order chi connectivity index (χ0) is 21.0. The van der Waals surface area contributed by atoms with Crippen LogP contribution >= 0.6 is 0 Å². The highest BCUT2D eigenvalue weighted by atomic mass is 32.2. The molecule has 2 aliphatic rings. The number of sulfone groups is 1. The molecule has 2 heterocycles. The van der Waals surface area contributed by atoms with Gasteiger partial charge in [0.25, 0.3) is 0 Å². The molecule has 8 heteroatoms. The minimum atomic E-state index is -3.02. The molecule has 3 rings (SSSR count). The molecule has 0 bridgehead atoms. The maximum atomic E-state index is 13.1. The first-order valence-corrected chi connectivity index (χ1v) is 12.3. The molecule has 0 spiro atoms. The van der Waals surface area contributed by atoms with Crippen LogP contribution < -0.4 is 9.64 Å². The zero-order valence-corrected chi connectivity index (χ0v) is 18.5. The van der Waals surface area contributed by atoms with E-state index in [2.05, 4.69) is 15.9 Å². The molecule has 0 unspecified atom stereocenters. The van der Waals surface area contributed by atoms with Gasteiger partial charge >= 0.3 is 0 Å². The topological polar surface area (TPSA) is 70.2 Å². The van der Waals surface area contributed by atoms with E-state index in [0.717, 1.165) is 44.0 Å². The van der Waals surface area contributed by atoms with Crippen molar-refractivity contribution in [2.24, 2.45) is 0 Å². The van der Waals surface area contributed by atoms with E-state index in [1.165, 1.54) is 0 Å². The van der Waals surface area contributed by atoms with Gasteiger partial charge in [-0.15, -0.1) is 0 Å². The van der Waals surface area contributed by atoms with Gasteiger partial charge in [0.1, 0.15) is 5.75 Å². The number of methoxy groups -OCH3 is 1. The highest BCUT2D eigenvalue weighted by Crippen LogP contribution is 2.24. The number of rotatable bonds is 7. The fraction of sp³-hybridized carbons (Fsp3) is 0.667. The van der Waals surface area contributed by atoms with Crippen LogP contribution in [0.15, 0.2) is 24.3 Å². The molecule has 2 saturated heterocycles. The van der Waals surface area contributed by atoms with E-state index in [4.69, 9.17) is 4.74 Å². The fourth-order valence-electron chi connectivity index (χ4n) is 4.25. The van der Waals surface area contributed by atoms with Crippen molar-refractivity contribution >= 4 is 21.4 Å². The standard InChI is InChI=1S/C21H33N3O4S/c1-4-17(2)24(19-8-13-29(26,27)16-19)21(25)15-22-9-11-23(12-10-22)18-6-5-7-20(14-18)28-3/h5-7,14,17,19H,4,8-13,15-16H2,1-3H3/t17-,19+/m1/s1. The number of hydrogen-bond donors (Lipinski definition) is 0. The Morgan fingerprint density at radius 2 is 2.00 bits per heavy atom. The molecular weight excluding hydrogens is 390 g/mol. The monoisotopic (exact) mass is 423 g/mol. The van der Waals surface area contributed by atoms with Crippen LogP contribution in [0.4, 0.5) is 5.69 Å². The van der Waals surface area contributed by atoms with Crippen molar-refractivity contribution in [1.82, 2.24) is 9.80 Å². The molecule has 2 fully saturated rings. The van der Waals surface area contributed by atoms with Gasteiger partial charge in [-0.25, -0.2) is 8.42 Å². The summed E-state index contributed by atoms with van der Waals surface area (Å²) < 4.78 is 29.2. The normalized spacial score (nSPS) is 23.0. The second kappa shape index (κ2) is 9.34. The minimum Gasteiger partial charge on any atom is -0.497 e. The Labute approximate surface area is 174 Å². The van der Waals surface area contributed by atoms with Crippen LogP contribution in [-0.2, 0) is 14.6 Å². The lowest BCUT2D eigenvalue weighted by atomic mass is 10.1. The van der Waals surface area contributed by atoms with Gasteiger partial charge < -0.3 is 14.5 Å². The van der Waals surface area contributed by atoms with Crippen molar-refractivity contribution in [3.8, 4) is 5.75 Å². The predicted octanol–water partition coefficient (Wildman–Crippen LogP) is 1.63. The Hall–Kier alpha value is -1.80. The lowest BCUT2D eigenvalue weighted by Gasteiger charge is -2.39. The first-order valence-electron chi connectivity index (χ1n) is 10.5. The number of amides is 1. The summed E-state index contributed by atoms with van der Waals surface area (Å²) in [4.78, 5) is 19.4. The van der Waals surface area contributed by atoms with Crippen molar-refractivity contribution in [3.05, 3.63) is 24.3 Å². The summed E-state index contributed by atoms with van der Waals surface area (Å²) in [5, 5.41) is 0. The Bertz CT molecular complexity index is 806. The molecular formula is C21H33N3O4S. The summed E-state index contributed by atoms with van der Waals surface area (Å²) in [6.45, 7) is 7.72. The highest BCUT2D eigenvalue weighted by molar-refractivity contribution is 7.91. The van der Waals surface area contributed by atoms with Gasteiger partial charge in [0.2, 0.25) is 5.91 Å². The maximum Gasteiger partial charge on any atom is 0.237 e. The van der Waals surface area contributed by atoms with Gasteiger partial charge in [-0.3, -0.25) is 9.69 Å².